The largest absolute Gasteiger partial charge is 0.709 e. The Hall–Kier alpha value is -0.635. The molecule has 9 heteroatoms. The van der Waals surface area contributed by atoms with Gasteiger partial charge in [0, 0.05) is 0 Å². The molecule has 0 saturated carbocycles. The maximum absolute atomic E-state index is 10.1. The van der Waals surface area contributed by atoms with Crippen molar-refractivity contribution < 1.29 is 28.1 Å². The van der Waals surface area contributed by atoms with E-state index in [-0.39, 0.29) is 6.15 Å². The number of hydrogen-bond acceptors (Lipinski definition) is 7. The first-order valence-corrected chi connectivity index (χ1v) is 2.62. The highest BCUT2D eigenvalue weighted by atomic mass is 79.9. The standard InChI is InChI=1S/C2H2BBrO6.H3N/c4-10-2(6)1(5)9-3(7)8;/h7-8H;1H3. The highest BCUT2D eigenvalue weighted by Crippen LogP contribution is 1.89. The number of halogens is 1. The van der Waals surface area contributed by atoms with Gasteiger partial charge in [-0.3, -0.25) is 0 Å². The van der Waals surface area contributed by atoms with Gasteiger partial charge in [0.1, 0.15) is 0 Å². The molecular formula is C2H5BBrNO6. The molecule has 0 aliphatic rings. The third kappa shape index (κ3) is 5.79. The fraction of sp³-hybridized carbons (Fsp3) is 0. The smallest absolute Gasteiger partial charge is 0.476 e. The molecule has 0 rings (SSSR count). The van der Waals surface area contributed by atoms with Gasteiger partial charge in [0.2, 0.25) is 0 Å². The van der Waals surface area contributed by atoms with Crippen LogP contribution in [0.4, 0.5) is 0 Å². The predicted molar refractivity (Wildman–Crippen MR) is 36.3 cm³/mol. The second-order valence-corrected chi connectivity index (χ2v) is 1.42. The molecule has 64 valence electrons. The Balaban J connectivity index is 0. The number of hydrogen-bond donors (Lipinski definition) is 3. The summed E-state index contributed by atoms with van der Waals surface area (Å²) in [5.41, 5.74) is 0. The van der Waals surface area contributed by atoms with Crippen LogP contribution in [-0.2, 0) is 18.1 Å². The molecular weight excluding hydrogens is 225 g/mol. The second-order valence-electron chi connectivity index (χ2n) is 1.10. The van der Waals surface area contributed by atoms with Crippen molar-refractivity contribution in [1.82, 2.24) is 6.15 Å². The minimum absolute atomic E-state index is 0. The molecule has 0 heterocycles. The maximum atomic E-state index is 10.1. The summed E-state index contributed by atoms with van der Waals surface area (Å²) in [6, 6.07) is 0. The monoisotopic (exact) mass is 229 g/mol. The molecule has 0 atom stereocenters. The van der Waals surface area contributed by atoms with Crippen LogP contribution in [0.1, 0.15) is 0 Å². The van der Waals surface area contributed by atoms with Gasteiger partial charge in [-0.05, 0) is 0 Å². The van der Waals surface area contributed by atoms with Crippen LogP contribution in [0.15, 0.2) is 0 Å². The second kappa shape index (κ2) is 6.10. The van der Waals surface area contributed by atoms with Gasteiger partial charge in [-0.1, -0.05) is 0 Å². The van der Waals surface area contributed by atoms with E-state index in [0.717, 1.165) is 0 Å². The van der Waals surface area contributed by atoms with E-state index < -0.39 is 19.3 Å². The predicted octanol–water partition coefficient (Wildman–Crippen LogP) is -1.49. The molecule has 0 unspecified atom stereocenters. The molecule has 7 nitrogen and oxygen atoms in total. The van der Waals surface area contributed by atoms with E-state index in [4.69, 9.17) is 10.0 Å². The maximum Gasteiger partial charge on any atom is 0.709 e. The Kier molecular flexibility index (Phi) is 7.20. The summed E-state index contributed by atoms with van der Waals surface area (Å²) < 4.78 is 7.26. The highest BCUT2D eigenvalue weighted by Gasteiger charge is 2.23. The van der Waals surface area contributed by atoms with Crippen molar-refractivity contribution in [2.75, 3.05) is 0 Å². The van der Waals surface area contributed by atoms with Gasteiger partial charge in [0.05, 0.1) is 0 Å². The summed E-state index contributed by atoms with van der Waals surface area (Å²) in [6.45, 7) is 0. The summed E-state index contributed by atoms with van der Waals surface area (Å²) in [5, 5.41) is 15.9. The zero-order chi connectivity index (χ0) is 8.15. The molecule has 0 fully saturated rings. The lowest BCUT2D eigenvalue weighted by molar-refractivity contribution is -0.156. The van der Waals surface area contributed by atoms with Gasteiger partial charge in [-0.15, -0.1) is 0 Å². The Bertz CT molecular complexity index is 150. The van der Waals surface area contributed by atoms with Gasteiger partial charge >= 0.3 is 19.3 Å². The van der Waals surface area contributed by atoms with Crippen LogP contribution in [0, 0.1) is 0 Å². The van der Waals surface area contributed by atoms with Crippen molar-refractivity contribution in [2.45, 2.75) is 0 Å². The van der Waals surface area contributed by atoms with Crippen LogP contribution in [0.2, 0.25) is 0 Å². The Morgan fingerprint density at radius 2 is 1.73 bits per heavy atom. The van der Waals surface area contributed by atoms with Crippen LogP contribution >= 0.6 is 16.3 Å². The lowest BCUT2D eigenvalue weighted by Crippen LogP contribution is -2.27. The third-order valence-corrected chi connectivity index (χ3v) is 0.743. The molecule has 0 aliphatic heterocycles. The molecule has 0 aromatic heterocycles. The van der Waals surface area contributed by atoms with Crippen LogP contribution < -0.4 is 6.15 Å². The van der Waals surface area contributed by atoms with Crippen molar-refractivity contribution in [2.24, 2.45) is 0 Å². The Labute approximate surface area is 70.5 Å². The van der Waals surface area contributed by atoms with Crippen molar-refractivity contribution in [3.63, 3.8) is 0 Å². The van der Waals surface area contributed by atoms with E-state index in [1.807, 2.05) is 0 Å². The first-order chi connectivity index (χ1) is 4.57. The summed E-state index contributed by atoms with van der Waals surface area (Å²) >= 11 is 2.19. The molecule has 0 bridgehead atoms. The van der Waals surface area contributed by atoms with Gasteiger partial charge in [-0.25, -0.2) is 9.59 Å². The molecule has 5 N–H and O–H groups in total. The van der Waals surface area contributed by atoms with Gasteiger partial charge in [0.15, 0.2) is 16.3 Å². The minimum atomic E-state index is -2.31. The zero-order valence-electron chi connectivity index (χ0n) is 5.19. The molecule has 0 amide bonds. The summed E-state index contributed by atoms with van der Waals surface area (Å²) in [4.78, 5) is 20.2. The van der Waals surface area contributed by atoms with Crippen molar-refractivity contribution >= 4 is 35.5 Å². The Morgan fingerprint density at radius 3 is 2.00 bits per heavy atom. The first kappa shape index (κ1) is 13.0. The zero-order valence-corrected chi connectivity index (χ0v) is 6.78. The van der Waals surface area contributed by atoms with Crippen LogP contribution in [-0.4, -0.2) is 29.3 Å². The average molecular weight is 230 g/mol. The minimum Gasteiger partial charge on any atom is -0.476 e. The summed E-state index contributed by atoms with van der Waals surface area (Å²) in [7, 11) is -2.31. The molecule has 0 radical (unpaired) electrons. The Morgan fingerprint density at radius 1 is 1.27 bits per heavy atom. The van der Waals surface area contributed by atoms with Crippen LogP contribution in [0.25, 0.3) is 0 Å². The van der Waals surface area contributed by atoms with Crippen molar-refractivity contribution in [3.05, 3.63) is 0 Å². The van der Waals surface area contributed by atoms with Crippen LogP contribution in [0.3, 0.4) is 0 Å². The summed E-state index contributed by atoms with van der Waals surface area (Å²) in [6.07, 6.45) is 0. The molecule has 0 saturated heterocycles. The topological polar surface area (TPSA) is 128 Å². The van der Waals surface area contributed by atoms with E-state index in [0.29, 0.717) is 0 Å². The fourth-order valence-electron chi connectivity index (χ4n) is 0.175. The summed E-state index contributed by atoms with van der Waals surface area (Å²) in [5.74, 6) is -2.86. The molecule has 0 spiro atoms. The lowest BCUT2D eigenvalue weighted by Gasteiger charge is -1.97. The third-order valence-electron chi connectivity index (χ3n) is 0.449. The molecule has 11 heavy (non-hydrogen) atoms. The van der Waals surface area contributed by atoms with E-state index >= 15 is 0 Å². The molecule has 0 aliphatic carbocycles. The number of rotatable bonds is 1. The number of carbonyl (C=O) groups excluding carboxylic acids is 2. The SMILES string of the molecule is N.O=C(OBr)C(=O)OB(O)O. The van der Waals surface area contributed by atoms with Crippen molar-refractivity contribution in [3.8, 4) is 0 Å². The van der Waals surface area contributed by atoms with Crippen LogP contribution in [0.5, 0.6) is 0 Å². The van der Waals surface area contributed by atoms with E-state index in [1.165, 1.54) is 0 Å². The molecule has 0 aromatic rings. The lowest BCUT2D eigenvalue weighted by atomic mass is 10.3. The van der Waals surface area contributed by atoms with Gasteiger partial charge in [0.25, 0.3) is 0 Å². The highest BCUT2D eigenvalue weighted by molar-refractivity contribution is 9.06. The average Bonchev–Trinajstić information content (AvgIpc) is 1.85. The quantitative estimate of drug-likeness (QED) is 0.369. The van der Waals surface area contributed by atoms with E-state index in [2.05, 4.69) is 24.7 Å². The normalized spacial score (nSPS) is 7.55. The van der Waals surface area contributed by atoms with Gasteiger partial charge < -0.3 is 24.7 Å². The molecule has 0 aromatic carbocycles. The van der Waals surface area contributed by atoms with Gasteiger partial charge in [-0.2, -0.15) is 0 Å². The van der Waals surface area contributed by atoms with E-state index in [1.54, 1.807) is 0 Å². The van der Waals surface area contributed by atoms with Crippen molar-refractivity contribution in [1.29, 1.82) is 0 Å². The van der Waals surface area contributed by atoms with E-state index in [9.17, 15) is 9.59 Å². The fourth-order valence-corrected chi connectivity index (χ4v) is 0.308. The number of carbonyl (C=O) groups is 2. The first-order valence-electron chi connectivity index (χ1n) is 1.97.